The van der Waals surface area contributed by atoms with Gasteiger partial charge in [-0.1, -0.05) is 77.3 Å². The molecule has 4 rings (SSSR count). The summed E-state index contributed by atoms with van der Waals surface area (Å²) in [4.78, 5) is 118. The van der Waals surface area contributed by atoms with Gasteiger partial charge in [0.05, 0.1) is 11.0 Å². The Bertz CT molecular complexity index is 2390. The van der Waals surface area contributed by atoms with Crippen LogP contribution >= 0.6 is 32.9 Å². The molecule has 3 heterocycles. The molecule has 3 aromatic rings. The smallest absolute Gasteiger partial charge is 0.325 e. The number of hydrogen-bond donors (Lipinski definition) is 2. The van der Waals surface area contributed by atoms with Crippen molar-refractivity contribution in [2.75, 3.05) is 39.2 Å². The summed E-state index contributed by atoms with van der Waals surface area (Å²) in [5.74, 6) is -4.71. The van der Waals surface area contributed by atoms with Gasteiger partial charge in [0, 0.05) is 73.9 Å². The number of nitro groups is 1. The molecule has 0 bridgehead atoms. The van der Waals surface area contributed by atoms with Gasteiger partial charge in [-0.05, 0) is 98.0 Å². The minimum absolute atomic E-state index is 0.00221. The molecule has 1 saturated heterocycles. The van der Waals surface area contributed by atoms with E-state index in [1.54, 1.807) is 24.4 Å². The average Bonchev–Trinajstić information content (AvgIpc) is 3.88. The van der Waals surface area contributed by atoms with Crippen molar-refractivity contribution in [2.24, 2.45) is 29.6 Å². The third-order valence-corrected chi connectivity index (χ3v) is 16.5. The minimum Gasteiger partial charge on any atom is -0.508 e. The lowest BCUT2D eigenvalue weighted by Crippen LogP contribution is -2.50. The van der Waals surface area contributed by atoms with E-state index in [9.17, 15) is 48.8 Å². The second-order valence-corrected chi connectivity index (χ2v) is 22.8. The normalized spacial score (nSPS) is 16.1. The van der Waals surface area contributed by atoms with E-state index in [-0.39, 0.29) is 103 Å². The first-order chi connectivity index (χ1) is 35.7. The maximum atomic E-state index is 15.0. The highest BCUT2D eigenvalue weighted by Crippen LogP contribution is 2.36. The van der Waals surface area contributed by atoms with Crippen LogP contribution in [0.4, 0.5) is 5.69 Å². The number of ketones is 2. The highest BCUT2D eigenvalue weighted by molar-refractivity contribution is 8.76. The SMILES string of the molecule is CCCC(=O)OCN(C(=O)[C@@H](CC(=O)[C@H]1CCCCN1C)C(C)CC)[C@H](C[C@@H](OC(C)=O)c1nc(C(=O)C[C@@H](Cc2ccc(O)cc2)C[C@H](C)C(=O)NCC(=O)OCCSSc2ncccc2[N+](=O)[O-])cs1)C(C)C. The van der Waals surface area contributed by atoms with Crippen molar-refractivity contribution in [2.45, 2.75) is 142 Å². The third kappa shape index (κ3) is 20.2. The summed E-state index contributed by atoms with van der Waals surface area (Å²) < 4.78 is 16.9. The highest BCUT2D eigenvalue weighted by atomic mass is 33.1. The van der Waals surface area contributed by atoms with Gasteiger partial charge in [0.15, 0.2) is 29.4 Å². The molecule has 0 spiro atoms. The van der Waals surface area contributed by atoms with Crippen LogP contribution in [0.5, 0.6) is 5.75 Å². The van der Waals surface area contributed by atoms with E-state index in [1.807, 2.05) is 41.7 Å². The number of thiazole rings is 1. The fourth-order valence-electron chi connectivity index (χ4n) is 8.98. The average molecular weight is 1100 g/mol. The molecule has 2 amide bonds. The molecule has 1 fully saturated rings. The first-order valence-corrected chi connectivity index (χ1v) is 28.9. The molecule has 2 N–H and O–H groups in total. The summed E-state index contributed by atoms with van der Waals surface area (Å²) in [5.41, 5.74) is 0.795. The molecule has 0 aliphatic carbocycles. The van der Waals surface area contributed by atoms with Crippen LogP contribution in [0.3, 0.4) is 0 Å². The van der Waals surface area contributed by atoms with E-state index in [0.717, 1.165) is 53.5 Å². The van der Waals surface area contributed by atoms with Crippen LogP contribution in [0, 0.1) is 39.7 Å². The molecule has 7 atom stereocenters. The Morgan fingerprint density at radius 3 is 2.39 bits per heavy atom. The number of aromatic nitrogens is 2. The number of carbonyl (C=O) groups excluding carboxylic acids is 7. The van der Waals surface area contributed by atoms with E-state index < -0.39 is 65.2 Å². The van der Waals surface area contributed by atoms with Crippen molar-refractivity contribution in [3.05, 3.63) is 74.4 Å². The summed E-state index contributed by atoms with van der Waals surface area (Å²) >= 11 is 1.12. The van der Waals surface area contributed by atoms with Crippen molar-refractivity contribution in [1.29, 1.82) is 0 Å². The molecular formula is C53H74N6O13S3. The van der Waals surface area contributed by atoms with E-state index >= 15 is 0 Å². The topological polar surface area (TPSA) is 255 Å². The molecule has 1 aliphatic rings. The number of nitrogens with zero attached hydrogens (tertiary/aromatic N) is 5. The zero-order valence-electron chi connectivity index (χ0n) is 44.4. The summed E-state index contributed by atoms with van der Waals surface area (Å²) in [6.45, 7) is 12.6. The van der Waals surface area contributed by atoms with Crippen molar-refractivity contribution >= 4 is 79.9 Å². The van der Waals surface area contributed by atoms with Gasteiger partial charge < -0.3 is 29.5 Å². The molecule has 2 aromatic heterocycles. The number of carbonyl (C=O) groups is 7. The van der Waals surface area contributed by atoms with Crippen LogP contribution in [0.1, 0.15) is 140 Å². The number of nitrogens with one attached hydrogen (secondary N) is 1. The Morgan fingerprint density at radius 1 is 1.00 bits per heavy atom. The zero-order chi connectivity index (χ0) is 55.2. The number of esters is 3. The standard InChI is InChI=1S/C53H74N6O13S3/c1-9-14-48(64)71-32-58(53(67)40(34(5)10-2)28-46(63)42-15-11-12-22-57(42)8)44(33(3)4)29-47(72-36(7)60)52-56-41(31-73-52)45(62)27-38(26-37-17-19-39(61)20-18-37)25-35(6)50(66)55-30-49(65)70-23-24-74-75-51-43(59(68)69)16-13-21-54-51/h13,16-21,31,33-35,38,40,42,44,47,61H,9-12,14-15,22-30,32H2,1-8H3,(H,55,66)/t34?,35-,38+,40-,42+,44+,47+/m0/s1. The van der Waals surface area contributed by atoms with Gasteiger partial charge in [0.2, 0.25) is 11.8 Å². The maximum Gasteiger partial charge on any atom is 0.325 e. The lowest BCUT2D eigenvalue weighted by atomic mass is 9.82. The van der Waals surface area contributed by atoms with Gasteiger partial charge in [-0.25, -0.2) is 9.97 Å². The van der Waals surface area contributed by atoms with Gasteiger partial charge >= 0.3 is 23.6 Å². The lowest BCUT2D eigenvalue weighted by Gasteiger charge is -2.39. The van der Waals surface area contributed by atoms with Crippen LogP contribution in [0.15, 0.2) is 53.0 Å². The van der Waals surface area contributed by atoms with Crippen LogP contribution in [-0.2, 0) is 49.4 Å². The van der Waals surface area contributed by atoms with Crippen molar-refractivity contribution < 1.29 is 57.8 Å². The Hall–Kier alpha value is -5.45. The Morgan fingerprint density at radius 2 is 1.73 bits per heavy atom. The first-order valence-electron chi connectivity index (χ1n) is 25.7. The number of amides is 2. The summed E-state index contributed by atoms with van der Waals surface area (Å²) in [5, 5.41) is 25.9. The number of hydrogen-bond acceptors (Lipinski definition) is 19. The maximum absolute atomic E-state index is 15.0. The third-order valence-electron chi connectivity index (χ3n) is 13.3. The molecule has 0 radical (unpaired) electrons. The molecule has 1 aromatic carbocycles. The predicted octanol–water partition coefficient (Wildman–Crippen LogP) is 8.96. The molecule has 1 unspecified atom stereocenters. The van der Waals surface area contributed by atoms with Gasteiger partial charge in [0.25, 0.3) is 0 Å². The molecular weight excluding hydrogens is 1020 g/mol. The molecule has 0 saturated carbocycles. The number of piperidine rings is 1. The number of rotatable bonds is 32. The van der Waals surface area contributed by atoms with Crippen LogP contribution in [-0.4, -0.2) is 122 Å². The summed E-state index contributed by atoms with van der Waals surface area (Å²) in [6.07, 6.45) is 5.02. The number of ether oxygens (including phenoxy) is 3. The predicted molar refractivity (Wildman–Crippen MR) is 287 cm³/mol. The summed E-state index contributed by atoms with van der Waals surface area (Å²) in [7, 11) is 4.25. The van der Waals surface area contributed by atoms with E-state index in [1.165, 1.54) is 53.1 Å². The highest BCUT2D eigenvalue weighted by Gasteiger charge is 2.40. The van der Waals surface area contributed by atoms with Gasteiger partial charge in [-0.3, -0.25) is 48.6 Å². The van der Waals surface area contributed by atoms with Gasteiger partial charge in [0.1, 0.15) is 29.6 Å². The number of Topliss-reactive ketones (excluding diaryl/α,β-unsaturated/α-hetero) is 2. The van der Waals surface area contributed by atoms with E-state index in [2.05, 4.69) is 15.2 Å². The molecule has 75 heavy (non-hydrogen) atoms. The molecule has 22 heteroatoms. The number of phenolic OH excluding ortho intramolecular Hbond substituents is 1. The molecule has 19 nitrogen and oxygen atoms in total. The minimum atomic E-state index is -1.01. The van der Waals surface area contributed by atoms with E-state index in [4.69, 9.17) is 19.2 Å². The first kappa shape index (κ1) is 62.1. The monoisotopic (exact) mass is 1100 g/mol. The zero-order valence-corrected chi connectivity index (χ0v) is 46.8. The molecule has 1 aliphatic heterocycles. The fourth-order valence-corrected chi connectivity index (χ4v) is 11.7. The summed E-state index contributed by atoms with van der Waals surface area (Å²) in [6, 6.07) is 8.39. The number of likely N-dealkylation sites (tertiary alicyclic amines) is 1. The largest absolute Gasteiger partial charge is 0.508 e. The van der Waals surface area contributed by atoms with Crippen LogP contribution in [0.25, 0.3) is 0 Å². The van der Waals surface area contributed by atoms with Gasteiger partial charge in [-0.15, -0.1) is 11.3 Å². The Balaban J connectivity index is 1.49. The van der Waals surface area contributed by atoms with E-state index in [0.29, 0.717) is 30.0 Å². The van der Waals surface area contributed by atoms with Crippen molar-refractivity contribution in [3.63, 3.8) is 0 Å². The number of likely N-dealkylation sites (N-methyl/N-ethyl adjacent to an activating group) is 1. The number of aromatic hydroxyl groups is 1. The van der Waals surface area contributed by atoms with Crippen LogP contribution in [0.2, 0.25) is 0 Å². The number of pyridine rings is 1. The van der Waals surface area contributed by atoms with Crippen molar-refractivity contribution in [3.8, 4) is 5.75 Å². The van der Waals surface area contributed by atoms with Crippen molar-refractivity contribution in [1.82, 2.24) is 25.1 Å². The number of benzene rings is 1. The Labute approximate surface area is 451 Å². The van der Waals surface area contributed by atoms with Gasteiger partial charge in [-0.2, -0.15) is 0 Å². The second-order valence-electron chi connectivity index (χ2n) is 19.5. The molecule has 412 valence electrons. The number of phenols is 1. The fraction of sp³-hybridized carbons (Fsp3) is 0.604. The second kappa shape index (κ2) is 31.6. The lowest BCUT2D eigenvalue weighted by molar-refractivity contribution is -0.388. The van der Waals surface area contributed by atoms with Crippen LogP contribution < -0.4 is 5.32 Å². The quantitative estimate of drug-likeness (QED) is 0.00864. The Kier molecular flexibility index (Phi) is 26.1.